The minimum Gasteiger partial charge on any atom is -0.462 e. The van der Waals surface area contributed by atoms with Gasteiger partial charge in [-0.2, -0.15) is 5.10 Å². The van der Waals surface area contributed by atoms with Crippen molar-refractivity contribution >= 4 is 45.3 Å². The van der Waals surface area contributed by atoms with Crippen molar-refractivity contribution in [1.29, 1.82) is 0 Å². The average molecular weight is 515 g/mol. The Morgan fingerprint density at radius 1 is 1.17 bits per heavy atom. The van der Waals surface area contributed by atoms with Gasteiger partial charge in [-0.05, 0) is 70.3 Å². The summed E-state index contributed by atoms with van der Waals surface area (Å²) in [5.74, 6) is -0.563. The zero-order valence-corrected chi connectivity index (χ0v) is 22.0. The molecule has 0 atom stereocenters. The second-order valence-electron chi connectivity index (χ2n) is 8.72. The molecule has 0 aliphatic heterocycles. The number of thiophene rings is 1. The van der Waals surface area contributed by atoms with Crippen LogP contribution in [0, 0.1) is 19.7 Å². The molecule has 9 heteroatoms. The first-order valence-corrected chi connectivity index (χ1v) is 13.3. The molecule has 2 aromatic heterocycles. The van der Waals surface area contributed by atoms with Crippen LogP contribution in [0.2, 0.25) is 0 Å². The molecule has 0 unspecified atom stereocenters. The Bertz CT molecular complexity index is 1230. The van der Waals surface area contributed by atoms with E-state index < -0.39 is 0 Å². The number of aryl methyl sites for hydroxylation is 2. The maximum Gasteiger partial charge on any atom is 0.341 e. The lowest BCUT2D eigenvalue weighted by molar-refractivity contribution is 0.0526. The van der Waals surface area contributed by atoms with E-state index in [-0.39, 0.29) is 11.8 Å². The largest absolute Gasteiger partial charge is 0.462 e. The predicted octanol–water partition coefficient (Wildman–Crippen LogP) is 6.39. The first-order valence-electron chi connectivity index (χ1n) is 12.1. The molecule has 186 valence electrons. The number of aromatic nitrogens is 2. The molecule has 3 aromatic rings. The van der Waals surface area contributed by atoms with E-state index in [4.69, 9.17) is 17.0 Å². The molecule has 6 nitrogen and oxygen atoms in total. The highest BCUT2D eigenvalue weighted by molar-refractivity contribution is 7.80. The van der Waals surface area contributed by atoms with E-state index in [1.54, 1.807) is 28.2 Å². The van der Waals surface area contributed by atoms with Crippen molar-refractivity contribution in [2.45, 2.75) is 65.8 Å². The van der Waals surface area contributed by atoms with Crippen LogP contribution >= 0.6 is 23.6 Å². The summed E-state index contributed by atoms with van der Waals surface area (Å²) in [5, 5.41) is 12.2. The number of rotatable bonds is 6. The molecule has 0 saturated heterocycles. The summed E-state index contributed by atoms with van der Waals surface area (Å²) in [6.45, 7) is 6.28. The molecule has 0 amide bonds. The van der Waals surface area contributed by atoms with Crippen LogP contribution in [0.25, 0.3) is 0 Å². The minimum absolute atomic E-state index is 0.258. The SMILES string of the molecule is CCOC(=O)c1c(NC(=S)Nc2c(C)nn(Cc3ccccc3F)c2C)sc2c1CCCCCC2. The zero-order valence-electron chi connectivity index (χ0n) is 20.4. The quantitative estimate of drug-likeness (QED) is 0.293. The highest BCUT2D eigenvalue weighted by Gasteiger charge is 2.26. The number of halogens is 1. The molecular formula is C26H31FN4O2S2. The van der Waals surface area contributed by atoms with Crippen molar-refractivity contribution in [1.82, 2.24) is 9.78 Å². The van der Waals surface area contributed by atoms with E-state index in [0.717, 1.165) is 53.3 Å². The number of ether oxygens (including phenoxy) is 1. The Morgan fingerprint density at radius 2 is 1.91 bits per heavy atom. The van der Waals surface area contributed by atoms with E-state index in [9.17, 15) is 9.18 Å². The van der Waals surface area contributed by atoms with Gasteiger partial charge in [0.05, 0.1) is 35.8 Å². The summed E-state index contributed by atoms with van der Waals surface area (Å²) in [6.07, 6.45) is 6.42. The van der Waals surface area contributed by atoms with Crippen molar-refractivity contribution in [3.63, 3.8) is 0 Å². The standard InChI is InChI=1S/C26H31FN4O2S2/c1-4-33-25(32)22-19-12-7-5-6-8-14-21(19)35-24(22)29-26(34)28-23-16(2)30-31(17(23)3)15-18-11-9-10-13-20(18)27/h9-11,13H,4-8,12,14-15H2,1-3H3,(H2,28,29,34). The number of hydrogen-bond donors (Lipinski definition) is 2. The van der Waals surface area contributed by atoms with Crippen LogP contribution in [0.3, 0.4) is 0 Å². The van der Waals surface area contributed by atoms with Crippen LogP contribution in [0.5, 0.6) is 0 Å². The summed E-state index contributed by atoms with van der Waals surface area (Å²) < 4.78 is 21.3. The fourth-order valence-electron chi connectivity index (χ4n) is 4.49. The number of anilines is 2. The Labute approximate surface area is 214 Å². The molecule has 0 radical (unpaired) electrons. The summed E-state index contributed by atoms with van der Waals surface area (Å²) in [7, 11) is 0. The minimum atomic E-state index is -0.305. The second-order valence-corrected chi connectivity index (χ2v) is 10.2. The highest BCUT2D eigenvalue weighted by atomic mass is 32.1. The predicted molar refractivity (Wildman–Crippen MR) is 143 cm³/mol. The second kappa shape index (κ2) is 11.3. The summed E-state index contributed by atoms with van der Waals surface area (Å²) in [4.78, 5) is 14.1. The van der Waals surface area contributed by atoms with Crippen molar-refractivity contribution in [3.05, 3.63) is 63.0 Å². The van der Waals surface area contributed by atoms with Crippen molar-refractivity contribution in [2.75, 3.05) is 17.2 Å². The van der Waals surface area contributed by atoms with Gasteiger partial charge in [-0.3, -0.25) is 4.68 Å². The molecule has 0 fully saturated rings. The summed E-state index contributed by atoms with van der Waals surface area (Å²) >= 11 is 7.23. The van der Waals surface area contributed by atoms with Crippen molar-refractivity contribution < 1.29 is 13.9 Å². The third-order valence-electron chi connectivity index (χ3n) is 6.28. The molecular weight excluding hydrogens is 483 g/mol. The zero-order chi connectivity index (χ0) is 24.9. The van der Waals surface area contributed by atoms with Gasteiger partial charge in [0.15, 0.2) is 5.11 Å². The molecule has 1 aromatic carbocycles. The van der Waals surface area contributed by atoms with Gasteiger partial charge in [-0.1, -0.05) is 31.0 Å². The topological polar surface area (TPSA) is 68.2 Å². The average Bonchev–Trinajstić information content (AvgIpc) is 3.26. The van der Waals surface area contributed by atoms with Gasteiger partial charge in [0, 0.05) is 10.4 Å². The van der Waals surface area contributed by atoms with Crippen LogP contribution in [0.15, 0.2) is 24.3 Å². The monoisotopic (exact) mass is 514 g/mol. The molecule has 4 rings (SSSR count). The fourth-order valence-corrected chi connectivity index (χ4v) is 6.04. The van der Waals surface area contributed by atoms with E-state index in [1.165, 1.54) is 23.8 Å². The lowest BCUT2D eigenvalue weighted by Gasteiger charge is -2.13. The van der Waals surface area contributed by atoms with Crippen LogP contribution < -0.4 is 10.6 Å². The number of carbonyl (C=O) groups is 1. The van der Waals surface area contributed by atoms with Crippen LogP contribution in [0.4, 0.5) is 15.1 Å². The van der Waals surface area contributed by atoms with Crippen LogP contribution in [-0.2, 0) is 24.1 Å². The van der Waals surface area contributed by atoms with Gasteiger partial charge in [0.2, 0.25) is 0 Å². The van der Waals surface area contributed by atoms with E-state index >= 15 is 0 Å². The molecule has 1 aliphatic carbocycles. The number of thiocarbonyl (C=S) groups is 1. The normalized spacial score (nSPS) is 13.5. The van der Waals surface area contributed by atoms with Crippen molar-refractivity contribution in [3.8, 4) is 0 Å². The van der Waals surface area contributed by atoms with E-state index in [1.807, 2.05) is 26.8 Å². The van der Waals surface area contributed by atoms with Crippen LogP contribution in [-0.4, -0.2) is 27.5 Å². The number of carbonyl (C=O) groups excluding carboxylic acids is 1. The first-order chi connectivity index (χ1) is 16.9. The Balaban J connectivity index is 1.56. The Morgan fingerprint density at radius 3 is 2.66 bits per heavy atom. The molecule has 1 aliphatic rings. The molecule has 2 N–H and O–H groups in total. The first kappa shape index (κ1) is 25.3. The van der Waals surface area contributed by atoms with Gasteiger partial charge in [0.1, 0.15) is 10.8 Å². The molecule has 0 bridgehead atoms. The third kappa shape index (κ3) is 5.73. The van der Waals surface area contributed by atoms with Gasteiger partial charge in [0.25, 0.3) is 0 Å². The molecule has 0 saturated carbocycles. The maximum absolute atomic E-state index is 14.1. The van der Waals surface area contributed by atoms with Crippen molar-refractivity contribution in [2.24, 2.45) is 0 Å². The van der Waals surface area contributed by atoms with Gasteiger partial charge in [-0.25, -0.2) is 9.18 Å². The number of esters is 1. The molecule has 2 heterocycles. The number of nitrogens with one attached hydrogen (secondary N) is 2. The molecule has 35 heavy (non-hydrogen) atoms. The van der Waals surface area contributed by atoms with Gasteiger partial charge >= 0.3 is 5.97 Å². The lowest BCUT2D eigenvalue weighted by Crippen LogP contribution is -2.21. The Hall–Kier alpha value is -2.78. The van der Waals surface area contributed by atoms with Crippen LogP contribution in [0.1, 0.15) is 70.4 Å². The third-order valence-corrected chi connectivity index (χ3v) is 7.69. The Kier molecular flexibility index (Phi) is 8.18. The number of hydrogen-bond acceptors (Lipinski definition) is 5. The summed E-state index contributed by atoms with van der Waals surface area (Å²) in [5.41, 5.74) is 4.66. The maximum atomic E-state index is 14.1. The smallest absolute Gasteiger partial charge is 0.341 e. The lowest BCUT2D eigenvalue weighted by atomic mass is 9.96. The summed E-state index contributed by atoms with van der Waals surface area (Å²) in [6, 6.07) is 6.69. The molecule has 0 spiro atoms. The van der Waals surface area contributed by atoms with E-state index in [0.29, 0.717) is 29.4 Å². The van der Waals surface area contributed by atoms with E-state index in [2.05, 4.69) is 15.7 Å². The number of benzene rings is 1. The highest BCUT2D eigenvalue weighted by Crippen LogP contribution is 2.38. The number of fused-ring (bicyclic) bond motifs is 1. The number of nitrogens with zero attached hydrogens (tertiary/aromatic N) is 2. The van der Waals surface area contributed by atoms with Gasteiger partial charge in [-0.15, -0.1) is 11.3 Å². The fraction of sp³-hybridized carbons (Fsp3) is 0.423. The van der Waals surface area contributed by atoms with Gasteiger partial charge < -0.3 is 15.4 Å².